The number of aromatic nitrogens is 1. The molecule has 0 radical (unpaired) electrons. The molecule has 0 N–H and O–H groups in total. The van der Waals surface area contributed by atoms with Gasteiger partial charge < -0.3 is 18.9 Å². The first-order valence-corrected chi connectivity index (χ1v) is 14.9. The predicted octanol–water partition coefficient (Wildman–Crippen LogP) is 5.70. The van der Waals surface area contributed by atoms with Crippen LogP contribution < -0.4 is 29.1 Å². The van der Waals surface area contributed by atoms with E-state index in [0.717, 1.165) is 5.56 Å². The van der Waals surface area contributed by atoms with Crippen molar-refractivity contribution >= 4 is 46.6 Å². The minimum Gasteiger partial charge on any atom is -0.493 e. The molecule has 1 aliphatic rings. The van der Waals surface area contributed by atoms with E-state index in [1.54, 1.807) is 50.3 Å². The van der Waals surface area contributed by atoms with Crippen molar-refractivity contribution in [3.63, 3.8) is 0 Å². The minimum atomic E-state index is -0.825. The largest absolute Gasteiger partial charge is 0.493 e. The number of benzene rings is 3. The van der Waals surface area contributed by atoms with Gasteiger partial charge in [-0.3, -0.25) is 9.36 Å². The SMILES string of the molecule is CCOC(=O)C1=C(C)N=c2s/c(=C/c3cc(Cl)cc(Cl)c3OCc3ccccc3)c(=O)n2C1c1ccc(OC)c(OC)c1. The van der Waals surface area contributed by atoms with Gasteiger partial charge in [0.2, 0.25) is 0 Å². The average Bonchev–Trinajstić information content (AvgIpc) is 3.29. The molecule has 0 saturated heterocycles. The molecule has 0 amide bonds. The lowest BCUT2D eigenvalue weighted by atomic mass is 9.95. The lowest BCUT2D eigenvalue weighted by Crippen LogP contribution is -2.40. The first-order valence-electron chi connectivity index (χ1n) is 13.3. The highest BCUT2D eigenvalue weighted by Gasteiger charge is 2.34. The summed E-state index contributed by atoms with van der Waals surface area (Å²) in [5, 5.41) is 0.700. The second-order valence-electron chi connectivity index (χ2n) is 9.50. The van der Waals surface area contributed by atoms with E-state index in [4.69, 9.17) is 42.1 Å². The van der Waals surface area contributed by atoms with Gasteiger partial charge in [-0.15, -0.1) is 0 Å². The van der Waals surface area contributed by atoms with Crippen molar-refractivity contribution in [2.45, 2.75) is 26.5 Å². The number of hydrogen-bond acceptors (Lipinski definition) is 8. The number of esters is 1. The highest BCUT2D eigenvalue weighted by atomic mass is 35.5. The van der Waals surface area contributed by atoms with Gasteiger partial charge in [0.15, 0.2) is 16.3 Å². The van der Waals surface area contributed by atoms with Crippen LogP contribution in [0.1, 0.15) is 36.6 Å². The summed E-state index contributed by atoms with van der Waals surface area (Å²) in [4.78, 5) is 32.4. The molecule has 0 fully saturated rings. The summed E-state index contributed by atoms with van der Waals surface area (Å²) >= 11 is 14.1. The topological polar surface area (TPSA) is 88.4 Å². The molecule has 8 nitrogen and oxygen atoms in total. The average molecular weight is 640 g/mol. The van der Waals surface area contributed by atoms with Gasteiger partial charge in [0.25, 0.3) is 5.56 Å². The Bertz CT molecular complexity index is 1900. The molecule has 1 unspecified atom stereocenters. The second kappa shape index (κ2) is 13.1. The molecule has 1 aromatic heterocycles. The number of allylic oxidation sites excluding steroid dienone is 1. The van der Waals surface area contributed by atoms with Crippen LogP contribution in [-0.4, -0.2) is 31.4 Å². The first kappa shape index (κ1) is 30.4. The first-order chi connectivity index (χ1) is 20.7. The van der Waals surface area contributed by atoms with Gasteiger partial charge >= 0.3 is 5.97 Å². The second-order valence-corrected chi connectivity index (χ2v) is 11.3. The molecule has 1 atom stereocenters. The number of thiazole rings is 1. The molecule has 0 saturated carbocycles. The Hall–Kier alpha value is -4.05. The third-order valence-electron chi connectivity index (χ3n) is 6.79. The maximum absolute atomic E-state index is 14.1. The van der Waals surface area contributed by atoms with Crippen molar-refractivity contribution < 1.29 is 23.7 Å². The molecule has 0 aliphatic carbocycles. The summed E-state index contributed by atoms with van der Waals surface area (Å²) in [6, 6.07) is 17.4. The van der Waals surface area contributed by atoms with Crippen LogP contribution in [0.15, 0.2) is 81.7 Å². The molecule has 0 bridgehead atoms. The molecular weight excluding hydrogens is 611 g/mol. The Labute approximate surface area is 262 Å². The Morgan fingerprint density at radius 1 is 1.05 bits per heavy atom. The number of halogens is 2. The van der Waals surface area contributed by atoms with Crippen LogP contribution >= 0.6 is 34.5 Å². The number of carbonyl (C=O) groups is 1. The fourth-order valence-electron chi connectivity index (χ4n) is 4.84. The lowest BCUT2D eigenvalue weighted by Gasteiger charge is -2.25. The van der Waals surface area contributed by atoms with Crippen LogP contribution in [-0.2, 0) is 16.1 Å². The number of methoxy groups -OCH3 is 2. The molecule has 4 aromatic rings. The van der Waals surface area contributed by atoms with Crippen LogP contribution in [0.3, 0.4) is 0 Å². The summed E-state index contributed by atoms with van der Waals surface area (Å²) < 4.78 is 24.3. The number of carbonyl (C=O) groups excluding carboxylic acids is 1. The molecule has 11 heteroatoms. The van der Waals surface area contributed by atoms with E-state index in [-0.39, 0.29) is 24.3 Å². The number of ether oxygens (including phenoxy) is 4. The van der Waals surface area contributed by atoms with E-state index >= 15 is 0 Å². The molecule has 43 heavy (non-hydrogen) atoms. The van der Waals surface area contributed by atoms with Crippen molar-refractivity contribution in [2.75, 3.05) is 20.8 Å². The summed E-state index contributed by atoms with van der Waals surface area (Å²) in [6.07, 6.45) is 1.68. The predicted molar refractivity (Wildman–Crippen MR) is 167 cm³/mol. The zero-order chi connectivity index (χ0) is 30.7. The van der Waals surface area contributed by atoms with Gasteiger partial charge in [0.05, 0.1) is 47.7 Å². The van der Waals surface area contributed by atoms with Crippen LogP contribution in [0.4, 0.5) is 0 Å². The van der Waals surface area contributed by atoms with E-state index < -0.39 is 12.0 Å². The Balaban J connectivity index is 1.68. The van der Waals surface area contributed by atoms with Gasteiger partial charge in [-0.05, 0) is 55.3 Å². The van der Waals surface area contributed by atoms with E-state index in [2.05, 4.69) is 4.99 Å². The summed E-state index contributed by atoms with van der Waals surface area (Å²) in [7, 11) is 3.06. The number of nitrogens with zero attached hydrogens (tertiary/aromatic N) is 2. The zero-order valence-corrected chi connectivity index (χ0v) is 26.2. The Morgan fingerprint density at radius 3 is 2.49 bits per heavy atom. The van der Waals surface area contributed by atoms with E-state index in [9.17, 15) is 9.59 Å². The lowest BCUT2D eigenvalue weighted by molar-refractivity contribution is -0.139. The summed E-state index contributed by atoms with van der Waals surface area (Å²) in [6.45, 7) is 3.89. The fraction of sp³-hybridized carbons (Fsp3) is 0.219. The molecule has 222 valence electrons. The van der Waals surface area contributed by atoms with Gasteiger partial charge in [0.1, 0.15) is 12.4 Å². The molecule has 3 aromatic carbocycles. The highest BCUT2D eigenvalue weighted by Crippen LogP contribution is 2.37. The van der Waals surface area contributed by atoms with Crippen LogP contribution in [0.2, 0.25) is 10.0 Å². The molecule has 0 spiro atoms. The fourth-order valence-corrected chi connectivity index (χ4v) is 6.44. The van der Waals surface area contributed by atoms with Gasteiger partial charge in [-0.2, -0.15) is 0 Å². The van der Waals surface area contributed by atoms with E-state index in [0.29, 0.717) is 53.5 Å². The number of hydrogen-bond donors (Lipinski definition) is 0. The Morgan fingerprint density at radius 2 is 1.79 bits per heavy atom. The summed E-state index contributed by atoms with van der Waals surface area (Å²) in [5.74, 6) is 0.795. The monoisotopic (exact) mass is 638 g/mol. The van der Waals surface area contributed by atoms with E-state index in [1.807, 2.05) is 30.3 Å². The zero-order valence-electron chi connectivity index (χ0n) is 23.9. The smallest absolute Gasteiger partial charge is 0.338 e. The molecule has 5 rings (SSSR count). The van der Waals surface area contributed by atoms with Crippen molar-refractivity contribution in [3.05, 3.63) is 118 Å². The molecule has 1 aliphatic heterocycles. The molecule has 2 heterocycles. The van der Waals surface area contributed by atoms with Crippen molar-refractivity contribution in [3.8, 4) is 17.2 Å². The van der Waals surface area contributed by atoms with Gasteiger partial charge in [-0.25, -0.2) is 9.79 Å². The van der Waals surface area contributed by atoms with Crippen LogP contribution in [0.5, 0.6) is 17.2 Å². The quantitative estimate of drug-likeness (QED) is 0.219. The normalized spacial score (nSPS) is 14.7. The van der Waals surface area contributed by atoms with Crippen LogP contribution in [0.25, 0.3) is 6.08 Å². The summed E-state index contributed by atoms with van der Waals surface area (Å²) in [5.41, 5.74) is 2.45. The van der Waals surface area contributed by atoms with Gasteiger partial charge in [0, 0.05) is 10.6 Å². The third-order valence-corrected chi connectivity index (χ3v) is 8.27. The van der Waals surface area contributed by atoms with Crippen molar-refractivity contribution in [1.29, 1.82) is 0 Å². The van der Waals surface area contributed by atoms with Gasteiger partial charge in [-0.1, -0.05) is 70.9 Å². The number of fused-ring (bicyclic) bond motifs is 1. The van der Waals surface area contributed by atoms with Crippen LogP contribution in [0, 0.1) is 0 Å². The van der Waals surface area contributed by atoms with Crippen molar-refractivity contribution in [2.24, 2.45) is 4.99 Å². The molecular formula is C32H28Cl2N2O6S. The van der Waals surface area contributed by atoms with E-state index in [1.165, 1.54) is 30.1 Å². The maximum atomic E-state index is 14.1. The standard InChI is InChI=1S/C32H28Cl2N2O6S/c1-5-41-31(38)27-18(2)35-32-36(28(27)20-11-12-24(39-3)25(14-20)40-4)30(37)26(43-32)15-21-13-22(33)16-23(34)29(21)42-17-19-9-7-6-8-10-19/h6-16,28H,5,17H2,1-4H3/b26-15+. The number of rotatable bonds is 9. The minimum absolute atomic E-state index is 0.167. The highest BCUT2D eigenvalue weighted by molar-refractivity contribution is 7.07. The van der Waals surface area contributed by atoms with Crippen molar-refractivity contribution in [1.82, 2.24) is 4.57 Å². The third kappa shape index (κ3) is 6.20. The Kier molecular flexibility index (Phi) is 9.25. The maximum Gasteiger partial charge on any atom is 0.338 e.